The van der Waals surface area contributed by atoms with E-state index in [4.69, 9.17) is 10.5 Å². The highest BCUT2D eigenvalue weighted by atomic mass is 16.5. The van der Waals surface area contributed by atoms with Crippen LogP contribution in [0.15, 0.2) is 42.7 Å². The van der Waals surface area contributed by atoms with Gasteiger partial charge in [-0.25, -0.2) is 9.97 Å². The molecule has 0 bridgehead atoms. The Hall–Kier alpha value is -2.51. The Morgan fingerprint density at radius 3 is 2.46 bits per heavy atom. The molecule has 2 saturated heterocycles. The van der Waals surface area contributed by atoms with Crippen LogP contribution in [0.3, 0.4) is 0 Å². The third-order valence-electron chi connectivity index (χ3n) is 5.06. The van der Waals surface area contributed by atoms with Crippen LogP contribution < -0.4 is 10.6 Å². The summed E-state index contributed by atoms with van der Waals surface area (Å²) in [5, 5.41) is 0. The first-order valence-corrected chi connectivity index (χ1v) is 8.97. The molecule has 4 rings (SSSR count). The van der Waals surface area contributed by atoms with Crippen molar-refractivity contribution >= 4 is 11.9 Å². The molecule has 2 fully saturated rings. The van der Waals surface area contributed by atoms with E-state index in [1.54, 1.807) is 17.3 Å². The first kappa shape index (κ1) is 16.9. The van der Waals surface area contributed by atoms with E-state index in [-0.39, 0.29) is 17.9 Å². The van der Waals surface area contributed by atoms with E-state index in [1.165, 1.54) is 5.56 Å². The van der Waals surface area contributed by atoms with Crippen LogP contribution in [0.5, 0.6) is 0 Å². The Bertz CT molecular complexity index is 746. The van der Waals surface area contributed by atoms with Crippen LogP contribution in [0.2, 0.25) is 0 Å². The molecule has 26 heavy (non-hydrogen) atoms. The SMILES string of the molecule is N[C@H]1CN(C(=O)c2cnc(N3CCOCC3)nc2)C[C@@H]1c1ccccc1. The summed E-state index contributed by atoms with van der Waals surface area (Å²) in [4.78, 5) is 25.4. The Kier molecular flexibility index (Phi) is 4.81. The second-order valence-electron chi connectivity index (χ2n) is 6.76. The van der Waals surface area contributed by atoms with Crippen LogP contribution in [0.4, 0.5) is 5.95 Å². The second kappa shape index (κ2) is 7.39. The molecule has 1 aromatic carbocycles. The quantitative estimate of drug-likeness (QED) is 0.882. The van der Waals surface area contributed by atoms with Crippen LogP contribution in [0, 0.1) is 0 Å². The molecule has 0 unspecified atom stereocenters. The Morgan fingerprint density at radius 1 is 1.08 bits per heavy atom. The number of likely N-dealkylation sites (tertiary alicyclic amines) is 1. The van der Waals surface area contributed by atoms with E-state index in [2.05, 4.69) is 27.0 Å². The van der Waals surface area contributed by atoms with Crippen molar-refractivity contribution in [2.45, 2.75) is 12.0 Å². The summed E-state index contributed by atoms with van der Waals surface area (Å²) in [5.41, 5.74) is 7.97. The van der Waals surface area contributed by atoms with Gasteiger partial charge in [0.05, 0.1) is 18.8 Å². The van der Waals surface area contributed by atoms with Crippen molar-refractivity contribution in [3.05, 3.63) is 53.9 Å². The maximum absolute atomic E-state index is 12.8. The fourth-order valence-corrected chi connectivity index (χ4v) is 3.59. The lowest BCUT2D eigenvalue weighted by atomic mass is 9.95. The van der Waals surface area contributed by atoms with Gasteiger partial charge in [0, 0.05) is 50.5 Å². The molecule has 7 heteroatoms. The number of carbonyl (C=O) groups excluding carboxylic acids is 1. The van der Waals surface area contributed by atoms with Gasteiger partial charge in [-0.15, -0.1) is 0 Å². The number of ether oxygens (including phenoxy) is 1. The van der Waals surface area contributed by atoms with E-state index in [0.717, 1.165) is 13.1 Å². The molecule has 2 aliphatic heterocycles. The number of aromatic nitrogens is 2. The van der Waals surface area contributed by atoms with E-state index in [0.29, 0.717) is 37.8 Å². The van der Waals surface area contributed by atoms with Crippen molar-refractivity contribution in [3.8, 4) is 0 Å². The van der Waals surface area contributed by atoms with Gasteiger partial charge < -0.3 is 20.3 Å². The molecular formula is C19H23N5O2. The van der Waals surface area contributed by atoms with Crippen molar-refractivity contribution in [1.29, 1.82) is 0 Å². The van der Waals surface area contributed by atoms with Crippen LogP contribution in [0.1, 0.15) is 21.8 Å². The van der Waals surface area contributed by atoms with Gasteiger partial charge in [0.15, 0.2) is 0 Å². The average Bonchev–Trinajstić information content (AvgIpc) is 3.10. The molecule has 0 saturated carbocycles. The van der Waals surface area contributed by atoms with Gasteiger partial charge in [-0.3, -0.25) is 4.79 Å². The highest BCUT2D eigenvalue weighted by Gasteiger charge is 2.34. The van der Waals surface area contributed by atoms with Crippen molar-refractivity contribution in [3.63, 3.8) is 0 Å². The second-order valence-corrected chi connectivity index (χ2v) is 6.76. The average molecular weight is 353 g/mol. The van der Waals surface area contributed by atoms with Crippen molar-refractivity contribution in [1.82, 2.24) is 14.9 Å². The number of nitrogens with zero attached hydrogens (tertiary/aromatic N) is 4. The summed E-state index contributed by atoms with van der Waals surface area (Å²) < 4.78 is 5.34. The lowest BCUT2D eigenvalue weighted by molar-refractivity contribution is 0.0788. The Labute approximate surface area is 152 Å². The number of hydrogen-bond acceptors (Lipinski definition) is 6. The van der Waals surface area contributed by atoms with Crippen molar-refractivity contribution < 1.29 is 9.53 Å². The zero-order chi connectivity index (χ0) is 17.9. The van der Waals surface area contributed by atoms with Crippen molar-refractivity contribution in [2.75, 3.05) is 44.3 Å². The summed E-state index contributed by atoms with van der Waals surface area (Å²) in [5.74, 6) is 0.742. The van der Waals surface area contributed by atoms with Crippen LogP contribution in [-0.4, -0.2) is 66.2 Å². The molecule has 3 heterocycles. The highest BCUT2D eigenvalue weighted by molar-refractivity contribution is 5.94. The molecule has 2 aliphatic rings. The summed E-state index contributed by atoms with van der Waals surface area (Å²) in [6.07, 6.45) is 3.23. The number of carbonyl (C=O) groups is 1. The number of morpholine rings is 1. The largest absolute Gasteiger partial charge is 0.378 e. The molecule has 2 N–H and O–H groups in total. The number of amides is 1. The summed E-state index contributed by atoms with van der Waals surface area (Å²) in [6.45, 7) is 4.06. The maximum atomic E-state index is 12.8. The fourth-order valence-electron chi connectivity index (χ4n) is 3.59. The monoisotopic (exact) mass is 353 g/mol. The molecule has 0 aliphatic carbocycles. The lowest BCUT2D eigenvalue weighted by Gasteiger charge is -2.26. The predicted molar refractivity (Wildman–Crippen MR) is 98.1 cm³/mol. The number of hydrogen-bond donors (Lipinski definition) is 1. The fraction of sp³-hybridized carbons (Fsp3) is 0.421. The maximum Gasteiger partial charge on any atom is 0.257 e. The van der Waals surface area contributed by atoms with Crippen LogP contribution >= 0.6 is 0 Å². The normalized spacial score (nSPS) is 23.3. The molecule has 0 radical (unpaired) electrons. The molecule has 1 aromatic heterocycles. The zero-order valence-corrected chi connectivity index (χ0v) is 14.6. The number of rotatable bonds is 3. The van der Waals surface area contributed by atoms with Gasteiger partial charge in [0.2, 0.25) is 5.95 Å². The van der Waals surface area contributed by atoms with E-state index in [9.17, 15) is 4.79 Å². The molecule has 1 amide bonds. The van der Waals surface area contributed by atoms with Crippen molar-refractivity contribution in [2.24, 2.45) is 5.73 Å². The smallest absolute Gasteiger partial charge is 0.257 e. The highest BCUT2D eigenvalue weighted by Crippen LogP contribution is 2.27. The van der Waals surface area contributed by atoms with Crippen LogP contribution in [-0.2, 0) is 4.74 Å². The minimum Gasteiger partial charge on any atom is -0.378 e. The number of anilines is 1. The molecule has 2 atom stereocenters. The molecule has 7 nitrogen and oxygen atoms in total. The van der Waals surface area contributed by atoms with Gasteiger partial charge >= 0.3 is 0 Å². The molecular weight excluding hydrogens is 330 g/mol. The van der Waals surface area contributed by atoms with E-state index >= 15 is 0 Å². The van der Waals surface area contributed by atoms with E-state index in [1.807, 2.05) is 18.2 Å². The Balaban J connectivity index is 1.44. The van der Waals surface area contributed by atoms with Gasteiger partial charge in [-0.05, 0) is 5.56 Å². The Morgan fingerprint density at radius 2 is 1.77 bits per heavy atom. The standard InChI is InChI=1S/C19H23N5O2/c20-17-13-24(12-16(17)14-4-2-1-3-5-14)18(25)15-10-21-19(22-11-15)23-6-8-26-9-7-23/h1-5,10-11,16-17H,6-9,12-13,20H2/t16-,17+/m1/s1. The molecule has 0 spiro atoms. The minimum atomic E-state index is -0.0626. The summed E-state index contributed by atoms with van der Waals surface area (Å²) in [6, 6.07) is 10.1. The summed E-state index contributed by atoms with van der Waals surface area (Å²) >= 11 is 0. The molecule has 2 aromatic rings. The topological polar surface area (TPSA) is 84.6 Å². The number of benzene rings is 1. The third kappa shape index (κ3) is 3.40. The summed E-state index contributed by atoms with van der Waals surface area (Å²) in [7, 11) is 0. The first-order chi connectivity index (χ1) is 12.7. The lowest BCUT2D eigenvalue weighted by Crippen LogP contribution is -2.37. The van der Waals surface area contributed by atoms with Gasteiger partial charge in [0.1, 0.15) is 0 Å². The van der Waals surface area contributed by atoms with Gasteiger partial charge in [-0.1, -0.05) is 30.3 Å². The van der Waals surface area contributed by atoms with E-state index < -0.39 is 0 Å². The predicted octanol–water partition coefficient (Wildman–Crippen LogP) is 0.880. The molecule has 136 valence electrons. The zero-order valence-electron chi connectivity index (χ0n) is 14.6. The van der Waals surface area contributed by atoms with Gasteiger partial charge in [-0.2, -0.15) is 0 Å². The number of nitrogens with two attached hydrogens (primary N) is 1. The first-order valence-electron chi connectivity index (χ1n) is 8.97. The third-order valence-corrected chi connectivity index (χ3v) is 5.06. The van der Waals surface area contributed by atoms with Crippen LogP contribution in [0.25, 0.3) is 0 Å². The minimum absolute atomic E-state index is 0.0603. The van der Waals surface area contributed by atoms with Gasteiger partial charge in [0.25, 0.3) is 5.91 Å².